The molecule has 5 rings (SSSR count). The number of nitrogens with zero attached hydrogens (tertiary/aromatic N) is 6. The fourth-order valence-electron chi connectivity index (χ4n) is 4.17. The normalized spacial score (nSPS) is 15.1. The Labute approximate surface area is 184 Å². The Kier molecular flexibility index (Phi) is 4.88. The van der Waals surface area contributed by atoms with E-state index in [1.54, 1.807) is 16.8 Å². The number of amides is 1. The molecular weight excluding hydrogens is 409 g/mol. The SMILES string of the molecule is Cc1nn(C)cc1-c1cc2c(N3CC(C(=O)N[C@@H](C)c4ccc(F)cc4)C3)ncnn2c1. The van der Waals surface area contributed by atoms with Crippen molar-refractivity contribution in [2.75, 3.05) is 18.0 Å². The van der Waals surface area contributed by atoms with Gasteiger partial charge in [-0.2, -0.15) is 10.2 Å². The molecule has 9 heteroatoms. The van der Waals surface area contributed by atoms with Crippen LogP contribution in [0.3, 0.4) is 0 Å². The van der Waals surface area contributed by atoms with Crippen LogP contribution in [0.25, 0.3) is 16.6 Å². The molecule has 0 saturated carbocycles. The lowest BCUT2D eigenvalue weighted by Crippen LogP contribution is -2.54. The molecule has 0 radical (unpaired) electrons. The minimum atomic E-state index is -0.287. The number of halogens is 1. The molecule has 4 aromatic rings. The molecule has 8 nitrogen and oxygen atoms in total. The van der Waals surface area contributed by atoms with E-state index in [-0.39, 0.29) is 23.7 Å². The molecule has 1 atom stereocenters. The van der Waals surface area contributed by atoms with Gasteiger partial charge >= 0.3 is 0 Å². The lowest BCUT2D eigenvalue weighted by Gasteiger charge is -2.39. The number of aryl methyl sites for hydroxylation is 2. The van der Waals surface area contributed by atoms with Crippen LogP contribution in [-0.2, 0) is 11.8 Å². The standard InChI is InChI=1S/C23H24FN7O/c1-14(16-4-6-19(24)7-5-16)27-23(32)18-9-30(10-18)22-21-8-17(11-31(21)26-13-25-22)20-12-29(3)28-15(20)2/h4-8,11-14,18H,9-10H2,1-3H3,(H,27,32)/t14-/m0/s1. The van der Waals surface area contributed by atoms with E-state index in [1.807, 2.05) is 37.8 Å². The molecule has 3 aromatic heterocycles. The zero-order valence-corrected chi connectivity index (χ0v) is 18.2. The third-order valence-electron chi connectivity index (χ3n) is 5.99. The Bertz CT molecular complexity index is 1290. The van der Waals surface area contributed by atoms with Crippen LogP contribution in [0.2, 0.25) is 0 Å². The van der Waals surface area contributed by atoms with Crippen molar-refractivity contribution in [3.05, 3.63) is 66.1 Å². The van der Waals surface area contributed by atoms with Crippen molar-refractivity contribution < 1.29 is 9.18 Å². The fraction of sp³-hybridized carbons (Fsp3) is 0.304. The minimum Gasteiger partial charge on any atom is -0.353 e. The first-order chi connectivity index (χ1) is 15.4. The van der Waals surface area contributed by atoms with Crippen molar-refractivity contribution in [1.29, 1.82) is 0 Å². The second kappa shape index (κ2) is 7.74. The van der Waals surface area contributed by atoms with Crippen molar-refractivity contribution in [3.63, 3.8) is 0 Å². The van der Waals surface area contributed by atoms with Gasteiger partial charge in [-0.3, -0.25) is 9.48 Å². The van der Waals surface area contributed by atoms with Crippen molar-refractivity contribution in [2.45, 2.75) is 19.9 Å². The average Bonchev–Trinajstić information content (AvgIpc) is 3.30. The van der Waals surface area contributed by atoms with Gasteiger partial charge in [0.15, 0.2) is 5.82 Å². The highest BCUT2D eigenvalue weighted by molar-refractivity contribution is 5.84. The Morgan fingerprint density at radius 2 is 1.97 bits per heavy atom. The molecule has 1 amide bonds. The summed E-state index contributed by atoms with van der Waals surface area (Å²) in [6.07, 6.45) is 5.49. The van der Waals surface area contributed by atoms with Gasteiger partial charge in [0.25, 0.3) is 0 Å². The molecule has 4 heterocycles. The maximum absolute atomic E-state index is 13.1. The first kappa shape index (κ1) is 20.2. The molecule has 1 saturated heterocycles. The van der Waals surface area contributed by atoms with Crippen LogP contribution < -0.4 is 10.2 Å². The number of fused-ring (bicyclic) bond motifs is 1. The summed E-state index contributed by atoms with van der Waals surface area (Å²) in [4.78, 5) is 19.3. The number of hydrogen-bond acceptors (Lipinski definition) is 5. The summed E-state index contributed by atoms with van der Waals surface area (Å²) in [5, 5.41) is 11.8. The molecule has 1 aliphatic heterocycles. The topological polar surface area (TPSA) is 80.3 Å². The van der Waals surface area contributed by atoms with Gasteiger partial charge in [0.05, 0.1) is 17.7 Å². The van der Waals surface area contributed by atoms with E-state index in [1.165, 1.54) is 18.5 Å². The maximum Gasteiger partial charge on any atom is 0.227 e. The molecule has 1 aliphatic rings. The van der Waals surface area contributed by atoms with Crippen LogP contribution in [-0.4, -0.2) is 43.4 Å². The van der Waals surface area contributed by atoms with Crippen LogP contribution in [0.4, 0.5) is 10.2 Å². The molecule has 1 fully saturated rings. The number of carbonyl (C=O) groups excluding carboxylic acids is 1. The summed E-state index contributed by atoms with van der Waals surface area (Å²) in [7, 11) is 1.90. The van der Waals surface area contributed by atoms with Crippen LogP contribution >= 0.6 is 0 Å². The van der Waals surface area contributed by atoms with Gasteiger partial charge in [0.1, 0.15) is 17.7 Å². The first-order valence-electron chi connectivity index (χ1n) is 10.5. The van der Waals surface area contributed by atoms with Crippen LogP contribution in [0.15, 0.2) is 49.1 Å². The van der Waals surface area contributed by atoms with Crippen LogP contribution in [0.5, 0.6) is 0 Å². The van der Waals surface area contributed by atoms with Gasteiger partial charge in [-0.15, -0.1) is 0 Å². The second-order valence-corrected chi connectivity index (χ2v) is 8.33. The Morgan fingerprint density at radius 1 is 1.22 bits per heavy atom. The molecule has 1 aromatic carbocycles. The number of anilines is 1. The summed E-state index contributed by atoms with van der Waals surface area (Å²) >= 11 is 0. The van der Waals surface area contributed by atoms with Gasteiger partial charge < -0.3 is 10.2 Å². The van der Waals surface area contributed by atoms with E-state index in [0.717, 1.165) is 33.7 Å². The lowest BCUT2D eigenvalue weighted by molar-refractivity contribution is -0.126. The Morgan fingerprint density at radius 3 is 2.66 bits per heavy atom. The van der Waals surface area contributed by atoms with E-state index in [0.29, 0.717) is 13.1 Å². The Hall–Kier alpha value is -3.75. The maximum atomic E-state index is 13.1. The van der Waals surface area contributed by atoms with E-state index in [9.17, 15) is 9.18 Å². The smallest absolute Gasteiger partial charge is 0.227 e. The van der Waals surface area contributed by atoms with Crippen molar-refractivity contribution in [3.8, 4) is 11.1 Å². The van der Waals surface area contributed by atoms with E-state index in [4.69, 9.17) is 0 Å². The quantitative estimate of drug-likeness (QED) is 0.524. The molecule has 0 aliphatic carbocycles. The third kappa shape index (κ3) is 3.59. The van der Waals surface area contributed by atoms with E-state index < -0.39 is 0 Å². The lowest BCUT2D eigenvalue weighted by atomic mass is 9.98. The van der Waals surface area contributed by atoms with Crippen molar-refractivity contribution in [2.24, 2.45) is 13.0 Å². The zero-order chi connectivity index (χ0) is 22.4. The average molecular weight is 433 g/mol. The van der Waals surface area contributed by atoms with Gasteiger partial charge in [-0.1, -0.05) is 12.1 Å². The van der Waals surface area contributed by atoms with Gasteiger partial charge in [-0.05, 0) is 37.6 Å². The summed E-state index contributed by atoms with van der Waals surface area (Å²) in [5.74, 6) is 0.391. The highest BCUT2D eigenvalue weighted by atomic mass is 19.1. The van der Waals surface area contributed by atoms with Crippen LogP contribution in [0.1, 0.15) is 24.2 Å². The second-order valence-electron chi connectivity index (χ2n) is 8.33. The summed E-state index contributed by atoms with van der Waals surface area (Å²) in [5.41, 5.74) is 4.80. The number of aromatic nitrogens is 5. The predicted molar refractivity (Wildman–Crippen MR) is 119 cm³/mol. The third-order valence-corrected chi connectivity index (χ3v) is 5.99. The molecule has 1 N–H and O–H groups in total. The molecule has 32 heavy (non-hydrogen) atoms. The fourth-order valence-corrected chi connectivity index (χ4v) is 4.17. The van der Waals surface area contributed by atoms with Crippen molar-refractivity contribution >= 4 is 17.2 Å². The summed E-state index contributed by atoms with van der Waals surface area (Å²) < 4.78 is 16.7. The number of hydrogen-bond donors (Lipinski definition) is 1. The predicted octanol–water partition coefficient (Wildman–Crippen LogP) is 2.89. The number of rotatable bonds is 5. The van der Waals surface area contributed by atoms with Gasteiger partial charge in [0.2, 0.25) is 5.91 Å². The highest BCUT2D eigenvalue weighted by Crippen LogP contribution is 2.31. The zero-order valence-electron chi connectivity index (χ0n) is 18.2. The van der Waals surface area contributed by atoms with Crippen molar-refractivity contribution in [1.82, 2.24) is 29.7 Å². The molecule has 0 unspecified atom stereocenters. The van der Waals surface area contributed by atoms with E-state index in [2.05, 4.69) is 31.5 Å². The molecule has 164 valence electrons. The molecular formula is C23H24FN7O. The highest BCUT2D eigenvalue weighted by Gasteiger charge is 2.35. The summed E-state index contributed by atoms with van der Waals surface area (Å²) in [6, 6.07) is 8.07. The largest absolute Gasteiger partial charge is 0.353 e. The van der Waals surface area contributed by atoms with Crippen LogP contribution in [0, 0.1) is 18.7 Å². The number of carbonyl (C=O) groups is 1. The number of benzene rings is 1. The van der Waals surface area contributed by atoms with E-state index >= 15 is 0 Å². The minimum absolute atomic E-state index is 0.00907. The summed E-state index contributed by atoms with van der Waals surface area (Å²) in [6.45, 7) is 5.05. The first-order valence-corrected chi connectivity index (χ1v) is 10.5. The van der Waals surface area contributed by atoms with Gasteiger partial charge in [-0.25, -0.2) is 13.9 Å². The molecule has 0 spiro atoms. The number of nitrogens with one attached hydrogen (secondary N) is 1. The van der Waals surface area contributed by atoms with Gasteiger partial charge in [0, 0.05) is 43.7 Å². The molecule has 0 bridgehead atoms. The monoisotopic (exact) mass is 433 g/mol. The Balaban J connectivity index is 1.29.